The van der Waals surface area contributed by atoms with E-state index in [0.717, 1.165) is 0 Å². The average molecular weight is 276 g/mol. The quantitative estimate of drug-likeness (QED) is 0.689. The number of hydrogen-bond donors (Lipinski definition) is 0. The van der Waals surface area contributed by atoms with Gasteiger partial charge in [0.1, 0.15) is 5.69 Å². The Morgan fingerprint density at radius 2 is 1.44 bits per heavy atom. The SMILES string of the molecule is CC.CC(C)n1nc(C(F)(F)F)cc1C(F)(F)F. The van der Waals surface area contributed by atoms with Crippen molar-refractivity contribution in [3.8, 4) is 0 Å². The van der Waals surface area contributed by atoms with Gasteiger partial charge in [0.15, 0.2) is 5.69 Å². The Kier molecular flexibility index (Phi) is 5.24. The van der Waals surface area contributed by atoms with E-state index in [1.807, 2.05) is 13.8 Å². The summed E-state index contributed by atoms with van der Waals surface area (Å²) >= 11 is 0. The minimum absolute atomic E-state index is 0.0139. The maximum atomic E-state index is 12.4. The second kappa shape index (κ2) is 5.62. The maximum absolute atomic E-state index is 12.4. The fourth-order valence-corrected chi connectivity index (χ4v) is 1.14. The summed E-state index contributed by atoms with van der Waals surface area (Å²) < 4.78 is 74.0. The first-order valence-corrected chi connectivity index (χ1v) is 5.27. The molecule has 0 saturated carbocycles. The fraction of sp³-hybridized carbons (Fsp3) is 0.700. The molecule has 0 aromatic carbocycles. The Bertz CT molecular complexity index is 375. The van der Waals surface area contributed by atoms with E-state index in [0.29, 0.717) is 4.68 Å². The molecule has 0 bridgehead atoms. The van der Waals surface area contributed by atoms with Gasteiger partial charge >= 0.3 is 12.4 Å². The molecule has 106 valence electrons. The Morgan fingerprint density at radius 1 is 1.00 bits per heavy atom. The Labute approximate surface area is 101 Å². The molecule has 18 heavy (non-hydrogen) atoms. The van der Waals surface area contributed by atoms with E-state index in [1.54, 1.807) is 0 Å². The summed E-state index contributed by atoms with van der Waals surface area (Å²) in [7, 11) is 0. The normalized spacial score (nSPS) is 12.4. The topological polar surface area (TPSA) is 17.8 Å². The van der Waals surface area contributed by atoms with Gasteiger partial charge in [-0.05, 0) is 13.8 Å². The zero-order chi connectivity index (χ0) is 14.7. The summed E-state index contributed by atoms with van der Waals surface area (Å²) in [6, 6.07) is -0.785. The highest BCUT2D eigenvalue weighted by atomic mass is 19.4. The monoisotopic (exact) mass is 276 g/mol. The van der Waals surface area contributed by atoms with Gasteiger partial charge in [0, 0.05) is 12.1 Å². The molecule has 0 amide bonds. The molecule has 0 unspecified atom stereocenters. The molecule has 0 N–H and O–H groups in total. The van der Waals surface area contributed by atoms with Crippen LogP contribution >= 0.6 is 0 Å². The Morgan fingerprint density at radius 3 is 1.67 bits per heavy atom. The van der Waals surface area contributed by atoms with Crippen LogP contribution in [0.4, 0.5) is 26.3 Å². The highest BCUT2D eigenvalue weighted by Crippen LogP contribution is 2.36. The summed E-state index contributed by atoms with van der Waals surface area (Å²) in [6.07, 6.45) is -9.72. The number of nitrogens with zero attached hydrogens (tertiary/aromatic N) is 2. The highest BCUT2D eigenvalue weighted by Gasteiger charge is 2.42. The lowest BCUT2D eigenvalue weighted by Crippen LogP contribution is -2.16. The number of rotatable bonds is 1. The molecule has 1 heterocycles. The van der Waals surface area contributed by atoms with Crippen LogP contribution in [0.25, 0.3) is 0 Å². The lowest BCUT2D eigenvalue weighted by Gasteiger charge is -2.12. The van der Waals surface area contributed by atoms with Crippen molar-refractivity contribution in [1.82, 2.24) is 9.78 Å². The molecule has 0 atom stereocenters. The minimum atomic E-state index is -4.87. The highest BCUT2D eigenvalue weighted by molar-refractivity contribution is 5.16. The lowest BCUT2D eigenvalue weighted by atomic mass is 10.3. The molecule has 0 saturated heterocycles. The van der Waals surface area contributed by atoms with Gasteiger partial charge < -0.3 is 0 Å². The molecule has 1 rings (SSSR count). The van der Waals surface area contributed by atoms with Crippen LogP contribution in [-0.4, -0.2) is 9.78 Å². The second-order valence-electron chi connectivity index (χ2n) is 3.45. The van der Waals surface area contributed by atoms with Gasteiger partial charge in [-0.3, -0.25) is 4.68 Å². The standard InChI is InChI=1S/C8H8F6N2.C2H6/c1-4(2)16-6(8(12,13)14)3-5(15-16)7(9,10)11;1-2/h3-4H,1-2H3;1-2H3. The van der Waals surface area contributed by atoms with Gasteiger partial charge in [0.2, 0.25) is 0 Å². The first-order valence-electron chi connectivity index (χ1n) is 5.27. The third kappa shape index (κ3) is 3.92. The maximum Gasteiger partial charge on any atom is 0.435 e. The van der Waals surface area contributed by atoms with E-state index in [4.69, 9.17) is 0 Å². The van der Waals surface area contributed by atoms with Crippen molar-refractivity contribution in [3.63, 3.8) is 0 Å². The van der Waals surface area contributed by atoms with Crippen LogP contribution in [0.15, 0.2) is 6.07 Å². The molecule has 0 aliphatic rings. The molecule has 0 fully saturated rings. The van der Waals surface area contributed by atoms with Crippen molar-refractivity contribution in [2.24, 2.45) is 0 Å². The van der Waals surface area contributed by atoms with Gasteiger partial charge in [-0.15, -0.1) is 0 Å². The summed E-state index contributed by atoms with van der Waals surface area (Å²) in [6.45, 7) is 6.64. The van der Waals surface area contributed by atoms with Crippen molar-refractivity contribution in [2.75, 3.05) is 0 Å². The van der Waals surface area contributed by atoms with Crippen molar-refractivity contribution in [1.29, 1.82) is 0 Å². The van der Waals surface area contributed by atoms with Crippen LogP contribution in [0.2, 0.25) is 0 Å². The van der Waals surface area contributed by atoms with Crippen molar-refractivity contribution >= 4 is 0 Å². The average Bonchev–Trinajstić information content (AvgIpc) is 2.63. The lowest BCUT2D eigenvalue weighted by molar-refractivity contribution is -0.144. The van der Waals surface area contributed by atoms with Crippen LogP contribution in [0.5, 0.6) is 0 Å². The van der Waals surface area contributed by atoms with E-state index < -0.39 is 29.8 Å². The number of halogens is 6. The number of hydrogen-bond acceptors (Lipinski definition) is 1. The molecule has 0 aliphatic heterocycles. The molecule has 2 nitrogen and oxygen atoms in total. The molecular formula is C10H14F6N2. The Hall–Kier alpha value is -1.21. The summed E-state index contributed by atoms with van der Waals surface area (Å²) in [5, 5.41) is 2.92. The van der Waals surface area contributed by atoms with E-state index in [9.17, 15) is 26.3 Å². The molecule has 1 aromatic rings. The van der Waals surface area contributed by atoms with Crippen molar-refractivity contribution < 1.29 is 26.3 Å². The fourth-order valence-electron chi connectivity index (χ4n) is 1.14. The zero-order valence-electron chi connectivity index (χ0n) is 10.3. The van der Waals surface area contributed by atoms with Gasteiger partial charge in [0.05, 0.1) is 0 Å². The van der Waals surface area contributed by atoms with Gasteiger partial charge in [-0.1, -0.05) is 13.8 Å². The van der Waals surface area contributed by atoms with Crippen LogP contribution < -0.4 is 0 Å². The van der Waals surface area contributed by atoms with Crippen LogP contribution in [-0.2, 0) is 12.4 Å². The molecule has 1 aromatic heterocycles. The van der Waals surface area contributed by atoms with Gasteiger partial charge in [0.25, 0.3) is 0 Å². The second-order valence-corrected chi connectivity index (χ2v) is 3.45. The molecule has 8 heteroatoms. The van der Waals surface area contributed by atoms with E-state index in [1.165, 1.54) is 13.8 Å². The van der Waals surface area contributed by atoms with Crippen molar-refractivity contribution in [2.45, 2.75) is 46.1 Å². The molecule has 0 radical (unpaired) electrons. The number of alkyl halides is 6. The molecule has 0 aliphatic carbocycles. The molecule has 0 spiro atoms. The first kappa shape index (κ1) is 16.8. The summed E-state index contributed by atoms with van der Waals surface area (Å²) in [5.74, 6) is 0. The Balaban J connectivity index is 0.00000137. The smallest absolute Gasteiger partial charge is 0.257 e. The third-order valence-electron chi connectivity index (χ3n) is 1.81. The van der Waals surface area contributed by atoms with Crippen LogP contribution in [0.1, 0.15) is 45.1 Å². The van der Waals surface area contributed by atoms with E-state index in [2.05, 4.69) is 5.10 Å². The minimum Gasteiger partial charge on any atom is -0.257 e. The van der Waals surface area contributed by atoms with Gasteiger partial charge in [-0.25, -0.2) is 0 Å². The summed E-state index contributed by atoms with van der Waals surface area (Å²) in [4.78, 5) is 0. The first-order chi connectivity index (χ1) is 8.03. The number of aromatic nitrogens is 2. The predicted octanol–water partition coefficient (Wildman–Crippen LogP) is 4.53. The van der Waals surface area contributed by atoms with Crippen molar-refractivity contribution in [3.05, 3.63) is 17.5 Å². The largest absolute Gasteiger partial charge is 0.435 e. The predicted molar refractivity (Wildman–Crippen MR) is 54.0 cm³/mol. The van der Waals surface area contributed by atoms with Gasteiger partial charge in [-0.2, -0.15) is 31.4 Å². The van der Waals surface area contributed by atoms with Crippen LogP contribution in [0.3, 0.4) is 0 Å². The third-order valence-corrected chi connectivity index (χ3v) is 1.81. The van der Waals surface area contributed by atoms with E-state index >= 15 is 0 Å². The molecular weight excluding hydrogens is 262 g/mol. The summed E-state index contributed by atoms with van der Waals surface area (Å²) in [5.41, 5.74) is -2.93. The van der Waals surface area contributed by atoms with Crippen LogP contribution in [0, 0.1) is 0 Å². The van der Waals surface area contributed by atoms with E-state index in [-0.39, 0.29) is 6.07 Å². The zero-order valence-corrected chi connectivity index (χ0v) is 10.3.